The topological polar surface area (TPSA) is 78.3 Å². The van der Waals surface area contributed by atoms with Crippen LogP contribution in [0.25, 0.3) is 22.5 Å². The Labute approximate surface area is 193 Å². The molecule has 0 aliphatic rings. The molecular formula is C25H31N5O3. The van der Waals surface area contributed by atoms with E-state index in [0.29, 0.717) is 18.2 Å². The summed E-state index contributed by atoms with van der Waals surface area (Å²) in [5, 5.41) is 5.66. The van der Waals surface area contributed by atoms with Crippen LogP contribution in [0.15, 0.2) is 39.5 Å². The summed E-state index contributed by atoms with van der Waals surface area (Å²) < 4.78 is 14.7. The summed E-state index contributed by atoms with van der Waals surface area (Å²) in [6.07, 6.45) is 0. The molecule has 4 aromatic rings. The van der Waals surface area contributed by atoms with Crippen molar-refractivity contribution in [2.45, 2.75) is 40.8 Å². The summed E-state index contributed by atoms with van der Waals surface area (Å²) in [5.74, 6) is 1.98. The molecular weight excluding hydrogens is 418 g/mol. The fourth-order valence-corrected chi connectivity index (χ4v) is 4.28. The molecule has 0 bridgehead atoms. The zero-order chi connectivity index (χ0) is 23.7. The van der Waals surface area contributed by atoms with Gasteiger partial charge in [-0.25, -0.2) is 4.98 Å². The van der Waals surface area contributed by atoms with Crippen LogP contribution < -0.4 is 10.3 Å². The van der Waals surface area contributed by atoms with Crippen LogP contribution in [0, 0.1) is 13.8 Å². The van der Waals surface area contributed by atoms with E-state index in [1.54, 1.807) is 22.4 Å². The van der Waals surface area contributed by atoms with Crippen LogP contribution >= 0.6 is 0 Å². The van der Waals surface area contributed by atoms with Crippen molar-refractivity contribution in [3.05, 3.63) is 63.4 Å². The molecule has 0 amide bonds. The van der Waals surface area contributed by atoms with Gasteiger partial charge in [-0.2, -0.15) is 5.10 Å². The molecule has 0 atom stereocenters. The molecule has 0 saturated carbocycles. The molecule has 0 spiro atoms. The van der Waals surface area contributed by atoms with Gasteiger partial charge in [-0.15, -0.1) is 0 Å². The molecule has 0 unspecified atom stereocenters. The van der Waals surface area contributed by atoms with Crippen molar-refractivity contribution < 1.29 is 9.15 Å². The number of fused-ring (bicyclic) bond motifs is 1. The number of ether oxygens (including phenoxy) is 1. The van der Waals surface area contributed by atoms with Crippen LogP contribution in [-0.4, -0.2) is 44.4 Å². The van der Waals surface area contributed by atoms with Crippen LogP contribution in [-0.2, 0) is 20.1 Å². The van der Waals surface area contributed by atoms with E-state index in [9.17, 15) is 4.79 Å². The van der Waals surface area contributed by atoms with E-state index in [1.807, 2.05) is 45.2 Å². The Kier molecular flexibility index (Phi) is 6.37. The zero-order valence-corrected chi connectivity index (χ0v) is 20.2. The van der Waals surface area contributed by atoms with Crippen molar-refractivity contribution in [3.8, 4) is 17.2 Å². The molecule has 3 aromatic heterocycles. The number of nitrogens with zero attached hydrogens (tertiary/aromatic N) is 5. The van der Waals surface area contributed by atoms with E-state index in [1.165, 1.54) is 0 Å². The zero-order valence-electron chi connectivity index (χ0n) is 20.2. The number of hydrogen-bond acceptors (Lipinski definition) is 6. The molecule has 8 nitrogen and oxygen atoms in total. The molecule has 0 aliphatic heterocycles. The number of rotatable bonds is 8. The van der Waals surface area contributed by atoms with Crippen LogP contribution in [0.3, 0.4) is 0 Å². The van der Waals surface area contributed by atoms with Crippen molar-refractivity contribution >= 4 is 11.0 Å². The van der Waals surface area contributed by atoms with Gasteiger partial charge < -0.3 is 9.15 Å². The fraction of sp³-hybridized carbons (Fsp3) is 0.400. The normalized spacial score (nSPS) is 11.6. The van der Waals surface area contributed by atoms with E-state index in [4.69, 9.17) is 14.1 Å². The highest BCUT2D eigenvalue weighted by Gasteiger charge is 2.20. The quantitative estimate of drug-likeness (QED) is 0.406. The molecule has 0 saturated heterocycles. The molecule has 8 heteroatoms. The van der Waals surface area contributed by atoms with E-state index in [0.717, 1.165) is 58.9 Å². The van der Waals surface area contributed by atoms with Crippen LogP contribution in [0.4, 0.5) is 0 Å². The average Bonchev–Trinajstić information content (AvgIpc) is 3.32. The Morgan fingerprint density at radius 1 is 1.12 bits per heavy atom. The molecule has 0 radical (unpaired) electrons. The molecule has 1 aromatic carbocycles. The summed E-state index contributed by atoms with van der Waals surface area (Å²) in [6.45, 7) is 11.0. The van der Waals surface area contributed by atoms with Crippen molar-refractivity contribution in [1.29, 1.82) is 0 Å². The minimum absolute atomic E-state index is 0.0685. The maximum absolute atomic E-state index is 13.3. The predicted molar refractivity (Wildman–Crippen MR) is 129 cm³/mol. The van der Waals surface area contributed by atoms with Crippen molar-refractivity contribution in [2.75, 3.05) is 20.2 Å². The SMILES string of the molecule is CCN(CC)Cc1cc(=O)n(Cc2nc(-c3ccc(OC)cc3)oc2C)c2c1c(C)nn2C. The number of methoxy groups -OCH3 is 1. The molecule has 0 aliphatic carbocycles. The van der Waals surface area contributed by atoms with Gasteiger partial charge in [0.1, 0.15) is 22.9 Å². The minimum atomic E-state index is -0.0685. The van der Waals surface area contributed by atoms with E-state index >= 15 is 0 Å². The first-order chi connectivity index (χ1) is 15.9. The van der Waals surface area contributed by atoms with Crippen LogP contribution in [0.2, 0.25) is 0 Å². The first-order valence-corrected chi connectivity index (χ1v) is 11.2. The Hall–Kier alpha value is -3.39. The van der Waals surface area contributed by atoms with Crippen molar-refractivity contribution in [2.24, 2.45) is 7.05 Å². The molecule has 0 N–H and O–H groups in total. The van der Waals surface area contributed by atoms with Gasteiger partial charge in [0, 0.05) is 30.6 Å². The molecule has 4 rings (SSSR count). The third-order valence-electron chi connectivity index (χ3n) is 6.16. The first kappa shape index (κ1) is 22.8. The van der Waals surface area contributed by atoms with Crippen LogP contribution in [0.5, 0.6) is 5.75 Å². The lowest BCUT2D eigenvalue weighted by Gasteiger charge is -2.19. The summed E-state index contributed by atoms with van der Waals surface area (Å²) in [6, 6.07) is 9.30. The lowest BCUT2D eigenvalue weighted by Crippen LogP contribution is -2.27. The molecule has 174 valence electrons. The number of benzene rings is 1. The smallest absolute Gasteiger partial charge is 0.252 e. The first-order valence-electron chi connectivity index (χ1n) is 11.2. The Morgan fingerprint density at radius 3 is 2.45 bits per heavy atom. The lowest BCUT2D eigenvalue weighted by atomic mass is 10.1. The summed E-state index contributed by atoms with van der Waals surface area (Å²) >= 11 is 0. The summed E-state index contributed by atoms with van der Waals surface area (Å²) in [5.41, 5.74) is 4.24. The van der Waals surface area contributed by atoms with Gasteiger partial charge in [-0.1, -0.05) is 13.8 Å². The number of aryl methyl sites for hydroxylation is 3. The molecule has 3 heterocycles. The predicted octanol–water partition coefficient (Wildman–Crippen LogP) is 3.91. The monoisotopic (exact) mass is 449 g/mol. The van der Waals surface area contributed by atoms with Gasteiger partial charge >= 0.3 is 0 Å². The van der Waals surface area contributed by atoms with E-state index in [-0.39, 0.29) is 5.56 Å². The van der Waals surface area contributed by atoms with Gasteiger partial charge in [0.25, 0.3) is 5.56 Å². The highest BCUT2D eigenvalue weighted by molar-refractivity contribution is 5.82. The lowest BCUT2D eigenvalue weighted by molar-refractivity contribution is 0.296. The maximum Gasteiger partial charge on any atom is 0.252 e. The summed E-state index contributed by atoms with van der Waals surface area (Å²) in [7, 11) is 3.51. The second-order valence-electron chi connectivity index (χ2n) is 8.21. The van der Waals surface area contributed by atoms with Gasteiger partial charge in [-0.05, 0) is 56.8 Å². The minimum Gasteiger partial charge on any atom is -0.497 e. The highest BCUT2D eigenvalue weighted by Crippen LogP contribution is 2.26. The molecule has 33 heavy (non-hydrogen) atoms. The maximum atomic E-state index is 13.3. The van der Waals surface area contributed by atoms with Gasteiger partial charge in [-0.3, -0.25) is 18.9 Å². The molecule has 0 fully saturated rings. The van der Waals surface area contributed by atoms with E-state index in [2.05, 4.69) is 23.8 Å². The summed E-state index contributed by atoms with van der Waals surface area (Å²) in [4.78, 5) is 20.3. The standard InChI is InChI=1S/C25H31N5O3/c1-7-29(8-2)14-19-13-22(31)30(25-23(19)16(3)27-28(25)5)15-21-17(4)33-24(26-21)18-9-11-20(32-6)12-10-18/h9-13H,7-8,14-15H2,1-6H3. The van der Waals surface area contributed by atoms with Gasteiger partial charge in [0.05, 0.1) is 19.3 Å². The average molecular weight is 450 g/mol. The van der Waals surface area contributed by atoms with Crippen molar-refractivity contribution in [1.82, 2.24) is 24.2 Å². The van der Waals surface area contributed by atoms with Crippen molar-refractivity contribution in [3.63, 3.8) is 0 Å². The van der Waals surface area contributed by atoms with Gasteiger partial charge in [0.15, 0.2) is 0 Å². The number of oxazole rings is 1. The highest BCUT2D eigenvalue weighted by atomic mass is 16.5. The Bertz CT molecular complexity index is 1330. The fourth-order valence-electron chi connectivity index (χ4n) is 4.28. The van der Waals surface area contributed by atoms with Crippen LogP contribution in [0.1, 0.15) is 36.6 Å². The second-order valence-corrected chi connectivity index (χ2v) is 8.21. The third kappa shape index (κ3) is 4.30. The third-order valence-corrected chi connectivity index (χ3v) is 6.16. The Balaban J connectivity index is 1.76. The largest absolute Gasteiger partial charge is 0.497 e. The Morgan fingerprint density at radius 2 is 1.82 bits per heavy atom. The number of aromatic nitrogens is 4. The second kappa shape index (κ2) is 9.23. The number of hydrogen-bond donors (Lipinski definition) is 0. The van der Waals surface area contributed by atoms with E-state index < -0.39 is 0 Å². The van der Waals surface area contributed by atoms with Gasteiger partial charge in [0.2, 0.25) is 5.89 Å². The number of pyridine rings is 1.